The Kier molecular flexibility index (Phi) is 5.24. The Bertz CT molecular complexity index is 167. The fourth-order valence-electron chi connectivity index (χ4n) is 1.41. The normalized spacial score (nSPS) is 25.5. The van der Waals surface area contributed by atoms with Crippen LogP contribution in [0.5, 0.6) is 0 Å². The van der Waals surface area contributed by atoms with Crippen molar-refractivity contribution in [3.63, 3.8) is 0 Å². The van der Waals surface area contributed by atoms with E-state index in [1.165, 1.54) is 22.8 Å². The maximum absolute atomic E-state index is 5.54. The van der Waals surface area contributed by atoms with Crippen molar-refractivity contribution < 1.29 is 0 Å². The van der Waals surface area contributed by atoms with Crippen LogP contribution < -0.4 is 11.3 Å². The second-order valence-electron chi connectivity index (χ2n) is 3.42. The van der Waals surface area contributed by atoms with Crippen LogP contribution in [-0.4, -0.2) is 28.6 Å². The molecule has 1 aliphatic rings. The van der Waals surface area contributed by atoms with Gasteiger partial charge in [0, 0.05) is 28.6 Å². The molecule has 0 aromatic carbocycles. The van der Waals surface area contributed by atoms with Crippen molar-refractivity contribution in [1.82, 2.24) is 5.43 Å². The average molecular weight is 218 g/mol. The standard InChI is InChI=1S/C9H18N2S2/c1-7(2)5-8(11-10)9-6-12-3-4-13-9/h8-9,11H,1,3-6,10H2,2H3. The van der Waals surface area contributed by atoms with Gasteiger partial charge in [0.2, 0.25) is 0 Å². The topological polar surface area (TPSA) is 38.0 Å². The summed E-state index contributed by atoms with van der Waals surface area (Å²) in [6.45, 7) is 5.99. The van der Waals surface area contributed by atoms with E-state index in [-0.39, 0.29) is 0 Å². The van der Waals surface area contributed by atoms with Gasteiger partial charge in [-0.25, -0.2) is 0 Å². The molecule has 0 saturated carbocycles. The molecular weight excluding hydrogens is 200 g/mol. The average Bonchev–Trinajstić information content (AvgIpc) is 2.15. The molecule has 0 aliphatic carbocycles. The number of nitrogens with two attached hydrogens (primary N) is 1. The summed E-state index contributed by atoms with van der Waals surface area (Å²) >= 11 is 4.06. The Hall–Kier alpha value is 0.360. The van der Waals surface area contributed by atoms with E-state index < -0.39 is 0 Å². The zero-order valence-corrected chi connectivity index (χ0v) is 9.72. The Morgan fingerprint density at radius 2 is 2.46 bits per heavy atom. The molecule has 0 spiro atoms. The van der Waals surface area contributed by atoms with Crippen LogP contribution in [0.2, 0.25) is 0 Å². The number of thioether (sulfide) groups is 2. The number of rotatable bonds is 4. The SMILES string of the molecule is C=C(C)CC(NN)C1CSCCS1. The molecule has 0 bridgehead atoms. The summed E-state index contributed by atoms with van der Waals surface area (Å²) in [5.74, 6) is 9.29. The zero-order valence-electron chi connectivity index (χ0n) is 8.08. The first-order chi connectivity index (χ1) is 6.24. The van der Waals surface area contributed by atoms with Gasteiger partial charge in [0.05, 0.1) is 0 Å². The van der Waals surface area contributed by atoms with Gasteiger partial charge in [-0.05, 0) is 13.3 Å². The largest absolute Gasteiger partial charge is 0.271 e. The summed E-state index contributed by atoms with van der Waals surface area (Å²) in [6.07, 6.45) is 0.995. The third kappa shape index (κ3) is 3.94. The summed E-state index contributed by atoms with van der Waals surface area (Å²) in [7, 11) is 0. The quantitative estimate of drug-likeness (QED) is 0.427. The van der Waals surface area contributed by atoms with Gasteiger partial charge in [-0.15, -0.1) is 6.58 Å². The summed E-state index contributed by atoms with van der Waals surface area (Å²) in [5.41, 5.74) is 4.12. The van der Waals surface area contributed by atoms with E-state index in [4.69, 9.17) is 5.84 Å². The van der Waals surface area contributed by atoms with Gasteiger partial charge < -0.3 is 0 Å². The molecule has 0 radical (unpaired) electrons. The fraction of sp³-hybridized carbons (Fsp3) is 0.778. The van der Waals surface area contributed by atoms with E-state index in [2.05, 4.69) is 18.9 Å². The van der Waals surface area contributed by atoms with Gasteiger partial charge in [0.1, 0.15) is 0 Å². The van der Waals surface area contributed by atoms with E-state index >= 15 is 0 Å². The van der Waals surface area contributed by atoms with Crippen molar-refractivity contribution in [2.24, 2.45) is 5.84 Å². The number of nitrogens with one attached hydrogen (secondary N) is 1. The van der Waals surface area contributed by atoms with Crippen LogP contribution in [0.15, 0.2) is 12.2 Å². The predicted molar refractivity (Wildman–Crippen MR) is 64.1 cm³/mol. The second kappa shape index (κ2) is 5.96. The third-order valence-electron chi connectivity index (χ3n) is 2.07. The van der Waals surface area contributed by atoms with E-state index in [0.717, 1.165) is 6.42 Å². The van der Waals surface area contributed by atoms with Crippen molar-refractivity contribution >= 4 is 23.5 Å². The van der Waals surface area contributed by atoms with Gasteiger partial charge >= 0.3 is 0 Å². The van der Waals surface area contributed by atoms with E-state index in [1.54, 1.807) is 0 Å². The lowest BCUT2D eigenvalue weighted by molar-refractivity contribution is 0.522. The van der Waals surface area contributed by atoms with Gasteiger partial charge in [-0.3, -0.25) is 11.3 Å². The maximum atomic E-state index is 5.54. The number of hydrogen-bond donors (Lipinski definition) is 2. The van der Waals surface area contributed by atoms with E-state index in [0.29, 0.717) is 11.3 Å². The van der Waals surface area contributed by atoms with Crippen molar-refractivity contribution in [2.45, 2.75) is 24.6 Å². The molecular formula is C9H18N2S2. The molecule has 3 N–H and O–H groups in total. The molecule has 2 unspecified atom stereocenters. The minimum atomic E-state index is 0.398. The minimum Gasteiger partial charge on any atom is -0.271 e. The highest BCUT2D eigenvalue weighted by atomic mass is 32.2. The number of hydrazine groups is 1. The molecule has 0 aromatic rings. The van der Waals surface area contributed by atoms with Crippen LogP contribution in [0.4, 0.5) is 0 Å². The Morgan fingerprint density at radius 3 is 2.92 bits per heavy atom. The van der Waals surface area contributed by atoms with Crippen LogP contribution in [-0.2, 0) is 0 Å². The van der Waals surface area contributed by atoms with E-state index in [9.17, 15) is 0 Å². The Labute approximate surface area is 89.1 Å². The van der Waals surface area contributed by atoms with Crippen LogP contribution in [0.25, 0.3) is 0 Å². The molecule has 13 heavy (non-hydrogen) atoms. The lowest BCUT2D eigenvalue weighted by Crippen LogP contribution is -2.44. The first-order valence-electron chi connectivity index (χ1n) is 4.54. The van der Waals surface area contributed by atoms with Crippen molar-refractivity contribution in [1.29, 1.82) is 0 Å². The lowest BCUT2D eigenvalue weighted by Gasteiger charge is -2.29. The second-order valence-corrected chi connectivity index (χ2v) is 5.92. The van der Waals surface area contributed by atoms with E-state index in [1.807, 2.05) is 23.5 Å². The van der Waals surface area contributed by atoms with Crippen molar-refractivity contribution in [3.8, 4) is 0 Å². The highest BCUT2D eigenvalue weighted by Gasteiger charge is 2.23. The molecule has 0 amide bonds. The highest BCUT2D eigenvalue weighted by Crippen LogP contribution is 2.28. The molecule has 4 heteroatoms. The monoisotopic (exact) mass is 218 g/mol. The molecule has 2 nitrogen and oxygen atoms in total. The first kappa shape index (κ1) is 11.4. The summed E-state index contributed by atoms with van der Waals surface area (Å²) in [6, 6.07) is 0.398. The highest BCUT2D eigenvalue weighted by molar-refractivity contribution is 8.06. The molecule has 0 aromatic heterocycles. The van der Waals surface area contributed by atoms with Crippen LogP contribution >= 0.6 is 23.5 Å². The van der Waals surface area contributed by atoms with Gasteiger partial charge in [0.15, 0.2) is 0 Å². The molecule has 1 rings (SSSR count). The third-order valence-corrected chi connectivity index (χ3v) is 4.99. The molecule has 1 heterocycles. The molecule has 76 valence electrons. The maximum Gasteiger partial charge on any atom is 0.0374 e. The summed E-state index contributed by atoms with van der Waals surface area (Å²) in [4.78, 5) is 0. The first-order valence-corrected chi connectivity index (χ1v) is 6.74. The van der Waals surface area contributed by atoms with Crippen LogP contribution in [0, 0.1) is 0 Å². The molecule has 2 atom stereocenters. The fourth-order valence-corrected chi connectivity index (χ4v) is 4.28. The van der Waals surface area contributed by atoms with Crippen molar-refractivity contribution in [3.05, 3.63) is 12.2 Å². The zero-order chi connectivity index (χ0) is 9.68. The Morgan fingerprint density at radius 1 is 1.69 bits per heavy atom. The van der Waals surface area contributed by atoms with Gasteiger partial charge in [-0.1, -0.05) is 5.57 Å². The Balaban J connectivity index is 2.39. The lowest BCUT2D eigenvalue weighted by atomic mass is 10.1. The number of hydrogen-bond acceptors (Lipinski definition) is 4. The molecule has 1 fully saturated rings. The summed E-state index contributed by atoms with van der Waals surface area (Å²) in [5, 5.41) is 0.653. The van der Waals surface area contributed by atoms with Crippen molar-refractivity contribution in [2.75, 3.05) is 17.3 Å². The predicted octanol–water partition coefficient (Wildman–Crippen LogP) is 1.63. The van der Waals surface area contributed by atoms with Gasteiger partial charge in [-0.2, -0.15) is 23.5 Å². The minimum absolute atomic E-state index is 0.398. The molecule has 1 aliphatic heterocycles. The smallest absolute Gasteiger partial charge is 0.0374 e. The summed E-state index contributed by atoms with van der Waals surface area (Å²) < 4.78 is 0. The van der Waals surface area contributed by atoms with Gasteiger partial charge in [0.25, 0.3) is 0 Å². The van der Waals surface area contributed by atoms with Crippen LogP contribution in [0.1, 0.15) is 13.3 Å². The van der Waals surface area contributed by atoms with Crippen LogP contribution in [0.3, 0.4) is 0 Å². The molecule has 1 saturated heterocycles.